The first-order valence-electron chi connectivity index (χ1n) is 10.2. The van der Waals surface area contributed by atoms with Crippen LogP contribution in [0, 0.1) is 6.92 Å². The second kappa shape index (κ2) is 9.46. The van der Waals surface area contributed by atoms with Crippen molar-refractivity contribution in [3.05, 3.63) is 81.4 Å². The Kier molecular flexibility index (Phi) is 6.48. The smallest absolute Gasteiger partial charge is 0.268 e. The Bertz CT molecular complexity index is 1240. The maximum Gasteiger partial charge on any atom is 0.268 e. The summed E-state index contributed by atoms with van der Waals surface area (Å²) in [6, 6.07) is 18.0. The minimum Gasteiger partial charge on any atom is -0.350 e. The molecule has 0 saturated carbocycles. The van der Waals surface area contributed by atoms with Crippen molar-refractivity contribution in [3.8, 4) is 22.4 Å². The van der Waals surface area contributed by atoms with Crippen molar-refractivity contribution in [1.29, 1.82) is 0 Å². The van der Waals surface area contributed by atoms with Gasteiger partial charge in [0.25, 0.3) is 5.91 Å². The van der Waals surface area contributed by atoms with E-state index in [-0.39, 0.29) is 17.9 Å². The van der Waals surface area contributed by atoms with Crippen molar-refractivity contribution >= 4 is 39.6 Å². The second-order valence-electron chi connectivity index (χ2n) is 7.57. The van der Waals surface area contributed by atoms with Crippen molar-refractivity contribution in [2.45, 2.75) is 26.8 Å². The van der Waals surface area contributed by atoms with Crippen LogP contribution in [-0.2, 0) is 4.79 Å². The van der Waals surface area contributed by atoms with E-state index in [1.54, 1.807) is 0 Å². The van der Waals surface area contributed by atoms with Crippen molar-refractivity contribution < 1.29 is 9.59 Å². The van der Waals surface area contributed by atoms with E-state index in [0.29, 0.717) is 10.0 Å². The third-order valence-electron chi connectivity index (χ3n) is 5.08. The summed E-state index contributed by atoms with van der Waals surface area (Å²) < 4.78 is 0. The number of thiophene rings is 1. The van der Waals surface area contributed by atoms with E-state index in [0.717, 1.165) is 27.9 Å². The fourth-order valence-corrected chi connectivity index (χ4v) is 4.92. The molecule has 1 unspecified atom stereocenters. The quantitative estimate of drug-likeness (QED) is 0.354. The summed E-state index contributed by atoms with van der Waals surface area (Å²) in [7, 11) is 0. The van der Waals surface area contributed by atoms with Gasteiger partial charge in [0.1, 0.15) is 4.88 Å². The van der Waals surface area contributed by atoms with Gasteiger partial charge in [-0.25, -0.2) is 4.98 Å². The molecule has 0 radical (unpaired) electrons. The number of rotatable bonds is 6. The lowest BCUT2D eigenvalue weighted by molar-refractivity contribution is -0.119. The van der Waals surface area contributed by atoms with E-state index < -0.39 is 0 Å². The van der Waals surface area contributed by atoms with Gasteiger partial charge < -0.3 is 5.32 Å². The number of hydrogen-bond donors (Lipinski definition) is 2. The number of hydrogen-bond acceptors (Lipinski definition) is 5. The third-order valence-corrected chi connectivity index (χ3v) is 6.76. The topological polar surface area (TPSA) is 71.1 Å². The summed E-state index contributed by atoms with van der Waals surface area (Å²) in [4.78, 5) is 29.4. The first-order valence-corrected chi connectivity index (χ1v) is 12.0. The lowest BCUT2D eigenvalue weighted by atomic mass is 10.0. The average molecular weight is 462 g/mol. The Morgan fingerprint density at radius 2 is 1.62 bits per heavy atom. The van der Waals surface area contributed by atoms with Crippen LogP contribution in [0.25, 0.3) is 22.4 Å². The Hall–Kier alpha value is -3.29. The molecule has 2 N–H and O–H groups in total. The Labute approximate surface area is 195 Å². The number of thiazole rings is 1. The predicted octanol–water partition coefficient (Wildman–Crippen LogP) is 6.30. The van der Waals surface area contributed by atoms with Gasteiger partial charge in [-0.2, -0.15) is 0 Å². The van der Waals surface area contributed by atoms with E-state index in [4.69, 9.17) is 0 Å². The molecule has 2 aromatic carbocycles. The first kappa shape index (κ1) is 21.9. The number of nitrogens with zero attached hydrogens (tertiary/aromatic N) is 1. The number of aryl methyl sites for hydroxylation is 1. The van der Waals surface area contributed by atoms with Crippen LogP contribution in [0.15, 0.2) is 65.4 Å². The van der Waals surface area contributed by atoms with Gasteiger partial charge in [0.15, 0.2) is 5.13 Å². The SMILES string of the molecule is CC(=O)NC(C)c1ccc(-c2csc(NC(=O)c3sccc3-c3ccc(C)cc3)n2)cc1. The molecule has 0 aliphatic heterocycles. The Morgan fingerprint density at radius 1 is 0.938 bits per heavy atom. The molecule has 32 heavy (non-hydrogen) atoms. The molecule has 0 fully saturated rings. The number of amides is 2. The van der Waals surface area contributed by atoms with E-state index >= 15 is 0 Å². The summed E-state index contributed by atoms with van der Waals surface area (Å²) in [5.74, 6) is -0.214. The van der Waals surface area contributed by atoms with Crippen LogP contribution in [0.2, 0.25) is 0 Å². The Balaban J connectivity index is 1.47. The summed E-state index contributed by atoms with van der Waals surface area (Å²) >= 11 is 2.82. The standard InChI is InChI=1S/C25H23N3O2S2/c1-15-4-6-19(7-5-15)21-12-13-31-23(21)24(30)28-25-27-22(14-32-25)20-10-8-18(9-11-20)16(2)26-17(3)29/h4-14,16H,1-3H3,(H,26,29)(H,27,28,30). The normalized spacial score (nSPS) is 11.7. The van der Waals surface area contributed by atoms with Crippen LogP contribution >= 0.6 is 22.7 Å². The van der Waals surface area contributed by atoms with Gasteiger partial charge in [0.05, 0.1) is 11.7 Å². The number of benzene rings is 2. The monoisotopic (exact) mass is 461 g/mol. The molecule has 2 aromatic heterocycles. The van der Waals surface area contributed by atoms with Gasteiger partial charge in [0.2, 0.25) is 5.91 Å². The molecular formula is C25H23N3O2S2. The van der Waals surface area contributed by atoms with Crippen LogP contribution in [-0.4, -0.2) is 16.8 Å². The molecule has 0 aliphatic carbocycles. The second-order valence-corrected chi connectivity index (χ2v) is 9.34. The molecule has 0 spiro atoms. The van der Waals surface area contributed by atoms with E-state index in [2.05, 4.69) is 15.6 Å². The zero-order valence-corrected chi connectivity index (χ0v) is 19.6. The summed E-state index contributed by atoms with van der Waals surface area (Å²) in [5.41, 5.74) is 5.91. The highest BCUT2D eigenvalue weighted by Crippen LogP contribution is 2.31. The van der Waals surface area contributed by atoms with Crippen LogP contribution in [0.3, 0.4) is 0 Å². The highest BCUT2D eigenvalue weighted by atomic mass is 32.1. The highest BCUT2D eigenvalue weighted by molar-refractivity contribution is 7.15. The average Bonchev–Trinajstić information content (AvgIpc) is 3.44. The number of nitrogens with one attached hydrogen (secondary N) is 2. The molecule has 0 aliphatic rings. The fourth-order valence-electron chi connectivity index (χ4n) is 3.39. The summed E-state index contributed by atoms with van der Waals surface area (Å²) in [6.07, 6.45) is 0. The van der Waals surface area contributed by atoms with Gasteiger partial charge in [-0.3, -0.25) is 14.9 Å². The van der Waals surface area contributed by atoms with E-state index in [1.165, 1.54) is 35.2 Å². The number of carbonyl (C=O) groups excluding carboxylic acids is 2. The van der Waals surface area contributed by atoms with Crippen LogP contribution < -0.4 is 10.6 Å². The predicted molar refractivity (Wildman–Crippen MR) is 132 cm³/mol. The van der Waals surface area contributed by atoms with Crippen LogP contribution in [0.1, 0.15) is 40.7 Å². The molecule has 2 heterocycles. The summed E-state index contributed by atoms with van der Waals surface area (Å²) in [6.45, 7) is 5.50. The van der Waals surface area contributed by atoms with E-state index in [1.807, 2.05) is 79.2 Å². The molecule has 7 heteroatoms. The zero-order valence-electron chi connectivity index (χ0n) is 18.0. The number of anilines is 1. The Morgan fingerprint density at radius 3 is 2.31 bits per heavy atom. The highest BCUT2D eigenvalue weighted by Gasteiger charge is 2.17. The molecule has 4 aromatic rings. The molecule has 4 rings (SSSR count). The van der Waals surface area contributed by atoms with Gasteiger partial charge in [-0.15, -0.1) is 22.7 Å². The van der Waals surface area contributed by atoms with E-state index in [9.17, 15) is 9.59 Å². The molecule has 0 saturated heterocycles. The molecule has 0 bridgehead atoms. The molecule has 2 amide bonds. The fraction of sp³-hybridized carbons (Fsp3) is 0.160. The van der Waals surface area contributed by atoms with Crippen LogP contribution in [0.4, 0.5) is 5.13 Å². The van der Waals surface area contributed by atoms with Crippen molar-refractivity contribution in [2.24, 2.45) is 0 Å². The lowest BCUT2D eigenvalue weighted by Crippen LogP contribution is -2.23. The van der Waals surface area contributed by atoms with Gasteiger partial charge in [-0.1, -0.05) is 54.1 Å². The van der Waals surface area contributed by atoms with Crippen molar-refractivity contribution in [3.63, 3.8) is 0 Å². The first-order chi connectivity index (χ1) is 15.4. The molecular weight excluding hydrogens is 438 g/mol. The van der Waals surface area contributed by atoms with Crippen molar-refractivity contribution in [2.75, 3.05) is 5.32 Å². The zero-order chi connectivity index (χ0) is 22.7. The third kappa shape index (κ3) is 4.95. The summed E-state index contributed by atoms with van der Waals surface area (Å²) in [5, 5.41) is 10.2. The maximum atomic E-state index is 12.9. The van der Waals surface area contributed by atoms with Crippen molar-refractivity contribution in [1.82, 2.24) is 10.3 Å². The van der Waals surface area contributed by atoms with Crippen LogP contribution in [0.5, 0.6) is 0 Å². The minimum absolute atomic E-state index is 0.0552. The molecule has 5 nitrogen and oxygen atoms in total. The number of carbonyl (C=O) groups is 2. The van der Waals surface area contributed by atoms with Gasteiger partial charge >= 0.3 is 0 Å². The molecule has 1 atom stereocenters. The maximum absolute atomic E-state index is 12.9. The van der Waals surface area contributed by atoms with Gasteiger partial charge in [-0.05, 0) is 36.4 Å². The largest absolute Gasteiger partial charge is 0.350 e. The number of aromatic nitrogens is 1. The lowest BCUT2D eigenvalue weighted by Gasteiger charge is -2.13. The minimum atomic E-state index is -0.157. The molecule has 162 valence electrons. The van der Waals surface area contributed by atoms with Gasteiger partial charge in [0, 0.05) is 23.4 Å².